The van der Waals surface area contributed by atoms with E-state index in [0.717, 1.165) is 25.3 Å². The van der Waals surface area contributed by atoms with Gasteiger partial charge in [0.05, 0.1) is 16.9 Å². The van der Waals surface area contributed by atoms with Gasteiger partial charge in [0.15, 0.2) is 0 Å². The van der Waals surface area contributed by atoms with Crippen LogP contribution in [-0.4, -0.2) is 24.0 Å². The van der Waals surface area contributed by atoms with Gasteiger partial charge in [-0.3, -0.25) is 4.79 Å². The van der Waals surface area contributed by atoms with Crippen LogP contribution >= 0.6 is 0 Å². The SMILES string of the molecule is CCCN(CC)c1ccc(C(=O)Nc2ccccc2N)cn1. The first-order valence-electron chi connectivity index (χ1n) is 7.52. The number of amides is 1. The number of rotatable bonds is 6. The van der Waals surface area contributed by atoms with Crippen molar-refractivity contribution < 1.29 is 4.79 Å². The largest absolute Gasteiger partial charge is 0.397 e. The number of pyridine rings is 1. The van der Waals surface area contributed by atoms with Gasteiger partial charge in [0, 0.05) is 19.3 Å². The van der Waals surface area contributed by atoms with Crippen LogP contribution in [0.15, 0.2) is 42.6 Å². The van der Waals surface area contributed by atoms with Crippen LogP contribution in [0, 0.1) is 0 Å². The fourth-order valence-electron chi connectivity index (χ4n) is 2.22. The highest BCUT2D eigenvalue weighted by Crippen LogP contribution is 2.18. The number of hydrogen-bond donors (Lipinski definition) is 2. The molecule has 0 bridgehead atoms. The lowest BCUT2D eigenvalue weighted by molar-refractivity contribution is 0.102. The molecule has 22 heavy (non-hydrogen) atoms. The Morgan fingerprint density at radius 2 is 2.00 bits per heavy atom. The van der Waals surface area contributed by atoms with Crippen molar-refractivity contribution in [1.29, 1.82) is 0 Å². The highest BCUT2D eigenvalue weighted by atomic mass is 16.1. The third-order valence-corrected chi connectivity index (χ3v) is 3.42. The Bertz CT molecular complexity index is 625. The van der Waals surface area contributed by atoms with E-state index in [1.54, 1.807) is 24.4 Å². The average molecular weight is 298 g/mol. The topological polar surface area (TPSA) is 71.2 Å². The molecule has 0 saturated carbocycles. The highest BCUT2D eigenvalue weighted by Gasteiger charge is 2.10. The van der Waals surface area contributed by atoms with Crippen LogP contribution in [0.25, 0.3) is 0 Å². The van der Waals surface area contributed by atoms with Crippen LogP contribution in [0.2, 0.25) is 0 Å². The molecule has 0 atom stereocenters. The van der Waals surface area contributed by atoms with E-state index in [-0.39, 0.29) is 5.91 Å². The second-order valence-electron chi connectivity index (χ2n) is 5.03. The van der Waals surface area contributed by atoms with E-state index < -0.39 is 0 Å². The first-order chi connectivity index (χ1) is 10.7. The quantitative estimate of drug-likeness (QED) is 0.804. The van der Waals surface area contributed by atoms with Crippen molar-refractivity contribution in [2.24, 2.45) is 0 Å². The number of benzene rings is 1. The van der Waals surface area contributed by atoms with Crippen molar-refractivity contribution in [3.05, 3.63) is 48.2 Å². The summed E-state index contributed by atoms with van der Waals surface area (Å²) in [5, 5.41) is 2.80. The lowest BCUT2D eigenvalue weighted by Gasteiger charge is -2.21. The molecule has 0 radical (unpaired) electrons. The van der Waals surface area contributed by atoms with Crippen LogP contribution in [0.4, 0.5) is 17.2 Å². The van der Waals surface area contributed by atoms with E-state index in [1.165, 1.54) is 0 Å². The summed E-state index contributed by atoms with van der Waals surface area (Å²) in [7, 11) is 0. The molecule has 0 unspecified atom stereocenters. The maximum Gasteiger partial charge on any atom is 0.257 e. The van der Waals surface area contributed by atoms with Crippen molar-refractivity contribution >= 4 is 23.1 Å². The summed E-state index contributed by atoms with van der Waals surface area (Å²) in [6, 6.07) is 10.8. The van der Waals surface area contributed by atoms with Crippen molar-refractivity contribution in [2.45, 2.75) is 20.3 Å². The molecule has 0 aliphatic heterocycles. The molecule has 3 N–H and O–H groups in total. The molecule has 1 heterocycles. The summed E-state index contributed by atoms with van der Waals surface area (Å²) in [5.74, 6) is 0.676. The third-order valence-electron chi connectivity index (χ3n) is 3.42. The molecule has 1 amide bonds. The first-order valence-corrected chi connectivity index (χ1v) is 7.52. The Morgan fingerprint density at radius 3 is 2.59 bits per heavy atom. The van der Waals surface area contributed by atoms with Gasteiger partial charge in [-0.15, -0.1) is 0 Å². The molecule has 2 aromatic rings. The number of nitrogens with zero attached hydrogens (tertiary/aromatic N) is 2. The Morgan fingerprint density at radius 1 is 1.23 bits per heavy atom. The van der Waals surface area contributed by atoms with Gasteiger partial charge in [-0.2, -0.15) is 0 Å². The summed E-state index contributed by atoms with van der Waals surface area (Å²) in [6.07, 6.45) is 2.66. The molecule has 0 fully saturated rings. The Balaban J connectivity index is 2.10. The van der Waals surface area contributed by atoms with E-state index in [9.17, 15) is 4.79 Å². The summed E-state index contributed by atoms with van der Waals surface area (Å²) in [5.41, 5.74) is 7.49. The fraction of sp³-hybridized carbons (Fsp3) is 0.294. The summed E-state index contributed by atoms with van der Waals surface area (Å²) in [4.78, 5) is 18.8. The van der Waals surface area contributed by atoms with E-state index in [0.29, 0.717) is 16.9 Å². The van der Waals surface area contributed by atoms with E-state index in [2.05, 4.69) is 29.0 Å². The zero-order valence-corrected chi connectivity index (χ0v) is 13.0. The van der Waals surface area contributed by atoms with Crippen molar-refractivity contribution in [3.8, 4) is 0 Å². The molecule has 2 rings (SSSR count). The number of nitrogens with two attached hydrogens (primary N) is 1. The number of carbonyl (C=O) groups excluding carboxylic acids is 1. The van der Waals surface area contributed by atoms with Crippen molar-refractivity contribution in [2.75, 3.05) is 29.0 Å². The Labute approximate surface area is 131 Å². The number of para-hydroxylation sites is 2. The monoisotopic (exact) mass is 298 g/mol. The van der Waals surface area contributed by atoms with E-state index >= 15 is 0 Å². The van der Waals surface area contributed by atoms with Gasteiger partial charge in [-0.25, -0.2) is 4.98 Å². The molecule has 5 heteroatoms. The highest BCUT2D eigenvalue weighted by molar-refractivity contribution is 6.05. The zero-order chi connectivity index (χ0) is 15.9. The molecule has 0 aliphatic carbocycles. The molecule has 0 spiro atoms. The maximum atomic E-state index is 12.2. The van der Waals surface area contributed by atoms with Gasteiger partial charge in [0.2, 0.25) is 0 Å². The number of carbonyl (C=O) groups is 1. The van der Waals surface area contributed by atoms with Crippen LogP contribution in [0.3, 0.4) is 0 Å². The Kier molecular flexibility index (Phi) is 5.36. The molecule has 5 nitrogen and oxygen atoms in total. The summed E-state index contributed by atoms with van der Waals surface area (Å²) < 4.78 is 0. The van der Waals surface area contributed by atoms with Crippen molar-refractivity contribution in [3.63, 3.8) is 0 Å². The Hall–Kier alpha value is -2.56. The summed E-state index contributed by atoms with van der Waals surface area (Å²) in [6.45, 7) is 6.08. The zero-order valence-electron chi connectivity index (χ0n) is 13.0. The van der Waals surface area contributed by atoms with Crippen LogP contribution < -0.4 is 16.0 Å². The van der Waals surface area contributed by atoms with Gasteiger partial charge >= 0.3 is 0 Å². The molecule has 0 saturated heterocycles. The molecule has 1 aromatic heterocycles. The van der Waals surface area contributed by atoms with Crippen molar-refractivity contribution in [1.82, 2.24) is 4.98 Å². The fourth-order valence-corrected chi connectivity index (χ4v) is 2.22. The number of nitrogen functional groups attached to an aromatic ring is 1. The van der Waals surface area contributed by atoms with Gasteiger partial charge in [0.25, 0.3) is 5.91 Å². The molecule has 116 valence electrons. The third kappa shape index (κ3) is 3.75. The molecule has 0 aliphatic rings. The molecular formula is C17H22N4O. The van der Waals surface area contributed by atoms with Gasteiger partial charge in [0.1, 0.15) is 5.82 Å². The van der Waals surface area contributed by atoms with Crippen LogP contribution in [0.1, 0.15) is 30.6 Å². The minimum atomic E-state index is -0.213. The molecular weight excluding hydrogens is 276 g/mol. The van der Waals surface area contributed by atoms with Gasteiger partial charge in [-0.05, 0) is 37.6 Å². The first kappa shape index (κ1) is 15.8. The number of nitrogens with one attached hydrogen (secondary N) is 1. The minimum Gasteiger partial charge on any atom is -0.397 e. The second-order valence-corrected chi connectivity index (χ2v) is 5.03. The lowest BCUT2D eigenvalue weighted by atomic mass is 10.2. The number of hydrogen-bond acceptors (Lipinski definition) is 4. The second kappa shape index (κ2) is 7.45. The predicted molar refractivity (Wildman–Crippen MR) is 91.2 cm³/mol. The lowest BCUT2D eigenvalue weighted by Crippen LogP contribution is -2.24. The van der Waals surface area contributed by atoms with E-state index in [1.807, 2.05) is 18.2 Å². The minimum absolute atomic E-state index is 0.213. The normalized spacial score (nSPS) is 10.3. The van der Waals surface area contributed by atoms with Gasteiger partial charge in [-0.1, -0.05) is 19.1 Å². The maximum absolute atomic E-state index is 12.2. The van der Waals surface area contributed by atoms with Gasteiger partial charge < -0.3 is 16.0 Å². The summed E-state index contributed by atoms with van der Waals surface area (Å²) >= 11 is 0. The smallest absolute Gasteiger partial charge is 0.257 e. The van der Waals surface area contributed by atoms with Crippen LogP contribution in [0.5, 0.6) is 0 Å². The average Bonchev–Trinajstić information content (AvgIpc) is 2.55. The standard InChI is InChI=1S/C17H22N4O/c1-3-11-21(4-2)16-10-9-13(12-19-16)17(22)20-15-8-6-5-7-14(15)18/h5-10,12H,3-4,11,18H2,1-2H3,(H,20,22). The molecule has 1 aromatic carbocycles. The predicted octanol–water partition coefficient (Wildman–Crippen LogP) is 3.15. The number of aromatic nitrogens is 1. The van der Waals surface area contributed by atoms with E-state index in [4.69, 9.17) is 5.73 Å². The van der Waals surface area contributed by atoms with Crippen LogP contribution in [-0.2, 0) is 0 Å². The number of anilines is 3.